The summed E-state index contributed by atoms with van der Waals surface area (Å²) in [5.41, 5.74) is 0. The fraction of sp³-hybridized carbons (Fsp3) is 0.800. The van der Waals surface area contributed by atoms with E-state index in [9.17, 15) is 4.79 Å². The Bertz CT molecular complexity index is 209. The third-order valence-electron chi connectivity index (χ3n) is 1.91. The highest BCUT2D eigenvalue weighted by molar-refractivity contribution is 7.80. The molecule has 15 heavy (non-hydrogen) atoms. The molecule has 0 aliphatic heterocycles. The van der Waals surface area contributed by atoms with E-state index in [1.54, 1.807) is 6.92 Å². The number of thiocarbonyl (C=S) groups is 1. The third kappa shape index (κ3) is 7.13. The number of carbonyl (C=O) groups excluding carboxylic acids is 1. The van der Waals surface area contributed by atoms with Gasteiger partial charge in [-0.15, -0.1) is 0 Å². The van der Waals surface area contributed by atoms with Crippen molar-refractivity contribution in [3.63, 3.8) is 0 Å². The average Bonchev–Trinajstić information content (AvgIpc) is 2.18. The van der Waals surface area contributed by atoms with Gasteiger partial charge in [0.15, 0.2) is 5.11 Å². The van der Waals surface area contributed by atoms with E-state index in [1.807, 2.05) is 6.92 Å². The van der Waals surface area contributed by atoms with Crippen LogP contribution in [-0.4, -0.2) is 30.2 Å². The number of unbranched alkanes of at least 4 members (excludes halogenated alkanes) is 1. The van der Waals surface area contributed by atoms with Crippen LogP contribution >= 0.6 is 12.2 Å². The zero-order valence-electron chi connectivity index (χ0n) is 9.72. The second-order valence-corrected chi connectivity index (χ2v) is 3.78. The fourth-order valence-electron chi connectivity index (χ4n) is 1.02. The lowest BCUT2D eigenvalue weighted by Gasteiger charge is -2.16. The van der Waals surface area contributed by atoms with Crippen molar-refractivity contribution in [1.82, 2.24) is 16.0 Å². The summed E-state index contributed by atoms with van der Waals surface area (Å²) >= 11 is 5.04. The van der Waals surface area contributed by atoms with E-state index in [0.29, 0.717) is 11.7 Å². The van der Waals surface area contributed by atoms with Gasteiger partial charge in [-0.25, -0.2) is 0 Å². The van der Waals surface area contributed by atoms with Crippen LogP contribution in [0.2, 0.25) is 0 Å². The Morgan fingerprint density at radius 3 is 2.53 bits per heavy atom. The number of nitrogens with one attached hydrogen (secondary N) is 3. The van der Waals surface area contributed by atoms with Crippen LogP contribution in [0.15, 0.2) is 0 Å². The Kier molecular flexibility index (Phi) is 7.99. The molecule has 1 unspecified atom stereocenters. The van der Waals surface area contributed by atoms with Crippen LogP contribution in [0.25, 0.3) is 0 Å². The first-order chi connectivity index (χ1) is 7.11. The Hall–Kier alpha value is -0.840. The van der Waals surface area contributed by atoms with Gasteiger partial charge in [0.1, 0.15) is 6.04 Å². The molecule has 0 rings (SSSR count). The smallest absolute Gasteiger partial charge is 0.242 e. The van der Waals surface area contributed by atoms with Crippen LogP contribution in [0.4, 0.5) is 0 Å². The van der Waals surface area contributed by atoms with Gasteiger partial charge in [-0.05, 0) is 32.5 Å². The SMILES string of the molecule is CCCCNC(=S)NC(C)C(=O)NCC. The summed E-state index contributed by atoms with van der Waals surface area (Å²) in [6.07, 6.45) is 2.21. The van der Waals surface area contributed by atoms with Gasteiger partial charge < -0.3 is 16.0 Å². The average molecular weight is 231 g/mol. The van der Waals surface area contributed by atoms with Crippen LogP contribution in [-0.2, 0) is 4.79 Å². The number of carbonyl (C=O) groups is 1. The van der Waals surface area contributed by atoms with Gasteiger partial charge in [0.2, 0.25) is 5.91 Å². The largest absolute Gasteiger partial charge is 0.363 e. The number of amides is 1. The number of hydrogen-bond acceptors (Lipinski definition) is 2. The van der Waals surface area contributed by atoms with Crippen molar-refractivity contribution in [2.45, 2.75) is 39.7 Å². The number of hydrogen-bond donors (Lipinski definition) is 3. The summed E-state index contributed by atoms with van der Waals surface area (Å²) in [6, 6.07) is -0.286. The molecule has 88 valence electrons. The molecule has 0 heterocycles. The van der Waals surface area contributed by atoms with Crippen molar-refractivity contribution in [1.29, 1.82) is 0 Å². The second kappa shape index (κ2) is 8.47. The van der Waals surface area contributed by atoms with E-state index in [1.165, 1.54) is 0 Å². The number of likely N-dealkylation sites (N-methyl/N-ethyl adjacent to an activating group) is 1. The molecule has 0 saturated carbocycles. The maximum Gasteiger partial charge on any atom is 0.242 e. The third-order valence-corrected chi connectivity index (χ3v) is 2.17. The van der Waals surface area contributed by atoms with Gasteiger partial charge in [-0.1, -0.05) is 13.3 Å². The van der Waals surface area contributed by atoms with Gasteiger partial charge in [0, 0.05) is 13.1 Å². The minimum Gasteiger partial charge on any atom is -0.363 e. The van der Waals surface area contributed by atoms with Gasteiger partial charge in [0.05, 0.1) is 0 Å². The van der Waals surface area contributed by atoms with Gasteiger partial charge in [0.25, 0.3) is 0 Å². The molecule has 1 atom stereocenters. The molecular formula is C10H21N3OS. The standard InChI is InChI=1S/C10H21N3OS/c1-4-6-7-12-10(15)13-8(3)9(14)11-5-2/h8H,4-7H2,1-3H3,(H,11,14)(H2,12,13,15). The van der Waals surface area contributed by atoms with Crippen LogP contribution in [0.1, 0.15) is 33.6 Å². The summed E-state index contributed by atoms with van der Waals surface area (Å²) in [5.74, 6) is -0.0304. The Balaban J connectivity index is 3.70. The molecule has 0 aromatic heterocycles. The minimum atomic E-state index is -0.286. The summed E-state index contributed by atoms with van der Waals surface area (Å²) in [6.45, 7) is 7.29. The molecule has 5 heteroatoms. The predicted molar refractivity (Wildman–Crippen MR) is 66.8 cm³/mol. The maximum absolute atomic E-state index is 11.3. The topological polar surface area (TPSA) is 53.2 Å². The van der Waals surface area contributed by atoms with Gasteiger partial charge >= 0.3 is 0 Å². The second-order valence-electron chi connectivity index (χ2n) is 3.37. The molecule has 0 aliphatic rings. The van der Waals surface area contributed by atoms with Crippen LogP contribution in [0, 0.1) is 0 Å². The molecule has 0 aromatic carbocycles. The highest BCUT2D eigenvalue weighted by atomic mass is 32.1. The number of rotatable bonds is 6. The molecule has 3 N–H and O–H groups in total. The van der Waals surface area contributed by atoms with E-state index >= 15 is 0 Å². The van der Waals surface area contributed by atoms with E-state index in [0.717, 1.165) is 19.4 Å². The quantitative estimate of drug-likeness (QED) is 0.467. The Morgan fingerprint density at radius 2 is 2.00 bits per heavy atom. The van der Waals surface area contributed by atoms with Crippen molar-refractivity contribution in [3.8, 4) is 0 Å². The zero-order chi connectivity index (χ0) is 11.7. The molecule has 0 aromatic rings. The first kappa shape index (κ1) is 14.2. The van der Waals surface area contributed by atoms with E-state index in [2.05, 4.69) is 22.9 Å². The van der Waals surface area contributed by atoms with Gasteiger partial charge in [-0.2, -0.15) is 0 Å². The highest BCUT2D eigenvalue weighted by Crippen LogP contribution is 1.85. The molecule has 4 nitrogen and oxygen atoms in total. The fourth-order valence-corrected chi connectivity index (χ4v) is 1.30. The lowest BCUT2D eigenvalue weighted by molar-refractivity contribution is -0.122. The lowest BCUT2D eigenvalue weighted by atomic mass is 10.3. The van der Waals surface area contributed by atoms with Crippen molar-refractivity contribution in [2.24, 2.45) is 0 Å². The maximum atomic E-state index is 11.3. The zero-order valence-corrected chi connectivity index (χ0v) is 10.5. The van der Waals surface area contributed by atoms with Crippen molar-refractivity contribution in [3.05, 3.63) is 0 Å². The summed E-state index contributed by atoms with van der Waals surface area (Å²) in [5, 5.41) is 9.26. The molecule has 0 fully saturated rings. The van der Waals surface area contributed by atoms with E-state index in [-0.39, 0.29) is 11.9 Å². The minimum absolute atomic E-state index is 0.0304. The first-order valence-electron chi connectivity index (χ1n) is 5.43. The first-order valence-corrected chi connectivity index (χ1v) is 5.84. The molecule has 0 bridgehead atoms. The monoisotopic (exact) mass is 231 g/mol. The van der Waals surface area contributed by atoms with Crippen LogP contribution < -0.4 is 16.0 Å². The van der Waals surface area contributed by atoms with Crippen molar-refractivity contribution in [2.75, 3.05) is 13.1 Å². The van der Waals surface area contributed by atoms with Crippen LogP contribution in [0.5, 0.6) is 0 Å². The Labute approximate surface area is 97.2 Å². The van der Waals surface area contributed by atoms with E-state index < -0.39 is 0 Å². The molecule has 0 aliphatic carbocycles. The van der Waals surface area contributed by atoms with Crippen molar-refractivity contribution < 1.29 is 4.79 Å². The van der Waals surface area contributed by atoms with E-state index in [4.69, 9.17) is 12.2 Å². The predicted octanol–water partition coefficient (Wildman–Crippen LogP) is 0.775. The summed E-state index contributed by atoms with van der Waals surface area (Å²) < 4.78 is 0. The highest BCUT2D eigenvalue weighted by Gasteiger charge is 2.11. The molecule has 0 spiro atoms. The molecule has 0 radical (unpaired) electrons. The normalized spacial score (nSPS) is 11.7. The van der Waals surface area contributed by atoms with Crippen LogP contribution in [0.3, 0.4) is 0 Å². The molecule has 1 amide bonds. The Morgan fingerprint density at radius 1 is 1.33 bits per heavy atom. The summed E-state index contributed by atoms with van der Waals surface area (Å²) in [4.78, 5) is 11.3. The van der Waals surface area contributed by atoms with Crippen molar-refractivity contribution >= 4 is 23.2 Å². The van der Waals surface area contributed by atoms with Gasteiger partial charge in [-0.3, -0.25) is 4.79 Å². The lowest BCUT2D eigenvalue weighted by Crippen LogP contribution is -2.48. The molecule has 0 saturated heterocycles. The molecular weight excluding hydrogens is 210 g/mol. The summed E-state index contributed by atoms with van der Waals surface area (Å²) in [7, 11) is 0.